The summed E-state index contributed by atoms with van der Waals surface area (Å²) < 4.78 is 15.5. The highest BCUT2D eigenvalue weighted by Crippen LogP contribution is 2.30. The number of esters is 2. The summed E-state index contributed by atoms with van der Waals surface area (Å²) in [5, 5.41) is 3.32. The number of anilines is 1. The van der Waals surface area contributed by atoms with Crippen LogP contribution in [0.1, 0.15) is 36.9 Å². The minimum absolute atomic E-state index is 0.237. The van der Waals surface area contributed by atoms with E-state index in [-0.39, 0.29) is 24.5 Å². The third-order valence-corrected chi connectivity index (χ3v) is 3.14. The van der Waals surface area contributed by atoms with Gasteiger partial charge in [0, 0.05) is 0 Å². The van der Waals surface area contributed by atoms with Gasteiger partial charge >= 0.3 is 11.9 Å². The predicted octanol–water partition coefficient (Wildman–Crippen LogP) is 2.07. The lowest BCUT2D eigenvalue weighted by Gasteiger charge is -2.13. The van der Waals surface area contributed by atoms with Gasteiger partial charge in [-0.15, -0.1) is 0 Å². The van der Waals surface area contributed by atoms with Crippen molar-refractivity contribution in [2.24, 2.45) is 0 Å². The molecule has 0 saturated carbocycles. The number of hydrogen-bond acceptors (Lipinski definition) is 8. The average Bonchev–Trinajstić information content (AvgIpc) is 2.84. The van der Waals surface area contributed by atoms with Crippen LogP contribution in [-0.2, 0) is 14.3 Å². The zero-order valence-corrected chi connectivity index (χ0v) is 13.5. The Morgan fingerprint density at radius 3 is 2.61 bits per heavy atom. The van der Waals surface area contributed by atoms with Crippen molar-refractivity contribution in [1.82, 2.24) is 9.97 Å². The van der Waals surface area contributed by atoms with E-state index in [2.05, 4.69) is 15.3 Å². The zero-order chi connectivity index (χ0) is 17.0. The largest absolute Gasteiger partial charge is 0.464 e. The number of carbonyl (C=O) groups is 2. The first-order valence-electron chi connectivity index (χ1n) is 7.33. The summed E-state index contributed by atoms with van der Waals surface area (Å²) in [6, 6.07) is -0.640. The molecule has 0 unspecified atom stereocenters. The van der Waals surface area contributed by atoms with Crippen LogP contribution in [0, 0.1) is 6.92 Å². The number of ether oxygens (including phenoxy) is 2. The number of aromatic nitrogens is 2. The molecule has 0 fully saturated rings. The van der Waals surface area contributed by atoms with E-state index < -0.39 is 18.0 Å². The van der Waals surface area contributed by atoms with Crippen LogP contribution in [0.2, 0.25) is 0 Å². The molecule has 0 spiro atoms. The Bertz CT molecular complexity index is 725. The van der Waals surface area contributed by atoms with E-state index >= 15 is 0 Å². The number of fused-ring (bicyclic) bond motifs is 1. The summed E-state index contributed by atoms with van der Waals surface area (Å²) >= 11 is 0. The summed E-state index contributed by atoms with van der Waals surface area (Å²) in [5.41, 5.74) is 0.500. The zero-order valence-electron chi connectivity index (χ0n) is 13.5. The molecule has 0 amide bonds. The SMILES string of the molecule is CCOC(=O)c1c(C)oc2ncnc(N[C@H](C)C(=O)OCC)c12. The van der Waals surface area contributed by atoms with Gasteiger partial charge in [0.15, 0.2) is 0 Å². The predicted molar refractivity (Wildman–Crippen MR) is 82.2 cm³/mol. The monoisotopic (exact) mass is 321 g/mol. The van der Waals surface area contributed by atoms with Crippen LogP contribution >= 0.6 is 0 Å². The maximum absolute atomic E-state index is 12.2. The van der Waals surface area contributed by atoms with E-state index in [9.17, 15) is 9.59 Å². The van der Waals surface area contributed by atoms with Crippen molar-refractivity contribution in [3.63, 3.8) is 0 Å². The molecule has 0 radical (unpaired) electrons. The fourth-order valence-electron chi connectivity index (χ4n) is 2.13. The number of carbonyl (C=O) groups excluding carboxylic acids is 2. The molecule has 0 aromatic carbocycles. The molecular formula is C15H19N3O5. The molecule has 2 aromatic heterocycles. The second kappa shape index (κ2) is 7.08. The Balaban J connectivity index is 2.44. The van der Waals surface area contributed by atoms with Crippen LogP contribution in [0.3, 0.4) is 0 Å². The fourth-order valence-corrected chi connectivity index (χ4v) is 2.13. The summed E-state index contributed by atoms with van der Waals surface area (Å²) in [6.45, 7) is 7.25. The number of nitrogens with zero attached hydrogens (tertiary/aromatic N) is 2. The molecule has 0 aliphatic rings. The quantitative estimate of drug-likeness (QED) is 0.806. The lowest BCUT2D eigenvalue weighted by Crippen LogP contribution is -2.28. The number of nitrogens with one attached hydrogen (secondary N) is 1. The molecule has 124 valence electrons. The van der Waals surface area contributed by atoms with E-state index in [4.69, 9.17) is 13.9 Å². The summed E-state index contributed by atoms with van der Waals surface area (Å²) in [6.07, 6.45) is 1.29. The first-order valence-corrected chi connectivity index (χ1v) is 7.33. The minimum Gasteiger partial charge on any atom is -0.464 e. The third-order valence-electron chi connectivity index (χ3n) is 3.14. The van der Waals surface area contributed by atoms with E-state index in [1.165, 1.54) is 6.33 Å². The maximum atomic E-state index is 12.2. The molecule has 0 saturated heterocycles. The van der Waals surface area contributed by atoms with Gasteiger partial charge in [-0.2, -0.15) is 0 Å². The Morgan fingerprint density at radius 1 is 1.26 bits per heavy atom. The van der Waals surface area contributed by atoms with Crippen LogP contribution in [0.15, 0.2) is 10.7 Å². The van der Waals surface area contributed by atoms with Gasteiger partial charge in [-0.3, -0.25) is 0 Å². The van der Waals surface area contributed by atoms with E-state index in [1.807, 2.05) is 0 Å². The summed E-state index contributed by atoms with van der Waals surface area (Å²) in [5.74, 6) is -0.246. The first kappa shape index (κ1) is 16.7. The molecule has 0 aliphatic heterocycles. The van der Waals surface area contributed by atoms with E-state index in [0.29, 0.717) is 17.0 Å². The highest BCUT2D eigenvalue weighted by molar-refractivity contribution is 6.08. The molecular weight excluding hydrogens is 302 g/mol. The Morgan fingerprint density at radius 2 is 1.96 bits per heavy atom. The molecule has 2 aromatic rings. The van der Waals surface area contributed by atoms with Gasteiger partial charge < -0.3 is 19.2 Å². The highest BCUT2D eigenvalue weighted by atomic mass is 16.5. The molecule has 0 bridgehead atoms. The van der Waals surface area contributed by atoms with Gasteiger partial charge in [0.25, 0.3) is 0 Å². The second-order valence-corrected chi connectivity index (χ2v) is 4.77. The lowest BCUT2D eigenvalue weighted by molar-refractivity contribution is -0.143. The van der Waals surface area contributed by atoms with E-state index in [0.717, 1.165) is 0 Å². The summed E-state index contributed by atoms with van der Waals surface area (Å²) in [4.78, 5) is 32.0. The first-order chi connectivity index (χ1) is 11.0. The minimum atomic E-state index is -0.640. The normalized spacial score (nSPS) is 12.0. The maximum Gasteiger partial charge on any atom is 0.342 e. The fraction of sp³-hybridized carbons (Fsp3) is 0.467. The van der Waals surface area contributed by atoms with Crippen molar-refractivity contribution >= 4 is 28.9 Å². The van der Waals surface area contributed by atoms with Gasteiger partial charge in [-0.05, 0) is 27.7 Å². The van der Waals surface area contributed by atoms with E-state index in [1.54, 1.807) is 27.7 Å². The van der Waals surface area contributed by atoms with Crippen LogP contribution < -0.4 is 5.32 Å². The standard InChI is InChI=1S/C15H19N3O5/c1-5-21-14(19)8(3)18-12-11-10(15(20)22-6-2)9(4)23-13(11)17-7-16-12/h7-8H,5-6H2,1-4H3,(H,16,17,18)/t8-/m1/s1. The molecule has 2 heterocycles. The number of aryl methyl sites for hydroxylation is 1. The van der Waals surface area contributed by atoms with Crippen molar-refractivity contribution in [3.8, 4) is 0 Å². The highest BCUT2D eigenvalue weighted by Gasteiger charge is 2.25. The summed E-state index contributed by atoms with van der Waals surface area (Å²) in [7, 11) is 0. The topological polar surface area (TPSA) is 104 Å². The molecule has 0 aliphatic carbocycles. The molecule has 2 rings (SSSR count). The Hall–Kier alpha value is -2.64. The smallest absolute Gasteiger partial charge is 0.342 e. The van der Waals surface area contributed by atoms with Gasteiger partial charge in [0.1, 0.15) is 29.5 Å². The van der Waals surface area contributed by atoms with Crippen LogP contribution in [-0.4, -0.2) is 41.2 Å². The van der Waals surface area contributed by atoms with Crippen LogP contribution in [0.4, 0.5) is 5.82 Å². The number of hydrogen-bond donors (Lipinski definition) is 1. The van der Waals surface area contributed by atoms with Crippen molar-refractivity contribution in [2.45, 2.75) is 33.7 Å². The average molecular weight is 321 g/mol. The molecule has 1 atom stereocenters. The van der Waals surface area contributed by atoms with Crippen LogP contribution in [0.5, 0.6) is 0 Å². The molecule has 1 N–H and O–H groups in total. The van der Waals surface area contributed by atoms with Gasteiger partial charge in [-0.1, -0.05) is 0 Å². The number of rotatable bonds is 6. The van der Waals surface area contributed by atoms with Crippen molar-refractivity contribution in [3.05, 3.63) is 17.7 Å². The molecule has 8 heteroatoms. The molecule has 23 heavy (non-hydrogen) atoms. The third kappa shape index (κ3) is 3.41. The molecule has 8 nitrogen and oxygen atoms in total. The van der Waals surface area contributed by atoms with Crippen molar-refractivity contribution in [2.75, 3.05) is 18.5 Å². The van der Waals surface area contributed by atoms with Gasteiger partial charge in [0.05, 0.1) is 18.6 Å². The number of furan rings is 1. The second-order valence-electron chi connectivity index (χ2n) is 4.77. The van der Waals surface area contributed by atoms with Crippen molar-refractivity contribution in [1.29, 1.82) is 0 Å². The van der Waals surface area contributed by atoms with Gasteiger partial charge in [-0.25, -0.2) is 19.6 Å². The van der Waals surface area contributed by atoms with Gasteiger partial charge in [0.2, 0.25) is 5.71 Å². The Kier molecular flexibility index (Phi) is 5.15. The lowest BCUT2D eigenvalue weighted by atomic mass is 10.1. The van der Waals surface area contributed by atoms with Crippen molar-refractivity contribution < 1.29 is 23.5 Å². The Labute approximate surface area is 133 Å². The van der Waals surface area contributed by atoms with Crippen LogP contribution in [0.25, 0.3) is 11.1 Å².